The molecule has 13 heteroatoms. The number of hydrogen-bond acceptors (Lipinski definition) is 6. The third kappa shape index (κ3) is 5.04. The summed E-state index contributed by atoms with van der Waals surface area (Å²) >= 11 is 0. The molecule has 0 N–H and O–H groups in total. The average molecular weight is 502 g/mol. The first kappa shape index (κ1) is 25.6. The molecular weight excluding hydrogens is 480 g/mol. The van der Waals surface area contributed by atoms with E-state index >= 15 is 0 Å². The summed E-state index contributed by atoms with van der Waals surface area (Å²) in [5.41, 5.74) is -1.79. The lowest BCUT2D eigenvalue weighted by Gasteiger charge is -2.31. The van der Waals surface area contributed by atoms with Crippen molar-refractivity contribution in [3.05, 3.63) is 54.0 Å². The molecule has 3 aromatic rings. The molecule has 34 heavy (non-hydrogen) atoms. The molecule has 1 atom stereocenters. The fourth-order valence-electron chi connectivity index (χ4n) is 3.31. The van der Waals surface area contributed by atoms with Crippen molar-refractivity contribution in [2.75, 3.05) is 6.54 Å². The predicted octanol–water partition coefficient (Wildman–Crippen LogP) is 4.67. The van der Waals surface area contributed by atoms with Gasteiger partial charge in [0.2, 0.25) is 5.03 Å². The van der Waals surface area contributed by atoms with Crippen LogP contribution in [0.15, 0.2) is 47.6 Å². The highest BCUT2D eigenvalue weighted by Gasteiger charge is 2.50. The number of nitrogens with zero attached hydrogens (tertiary/aromatic N) is 4. The number of carbonyl (C=O) groups is 1. The molecular formula is C21H22F4N4O4S. The van der Waals surface area contributed by atoms with Crippen LogP contribution in [0.4, 0.5) is 22.4 Å². The third-order valence-corrected chi connectivity index (χ3v) is 6.47. The van der Waals surface area contributed by atoms with Crippen molar-refractivity contribution in [3.8, 4) is 0 Å². The lowest BCUT2D eigenvalue weighted by atomic mass is 10.1. The van der Waals surface area contributed by atoms with Gasteiger partial charge in [-0.15, -0.1) is 5.10 Å². The van der Waals surface area contributed by atoms with Crippen LogP contribution in [0.5, 0.6) is 0 Å². The Balaban J connectivity index is 2.20. The summed E-state index contributed by atoms with van der Waals surface area (Å²) in [4.78, 5) is 16.6. The molecule has 0 aliphatic heterocycles. The number of aromatic nitrogens is 3. The first-order valence-electron chi connectivity index (χ1n) is 10.1. The van der Waals surface area contributed by atoms with Gasteiger partial charge in [-0.25, -0.2) is 17.6 Å². The van der Waals surface area contributed by atoms with Gasteiger partial charge < -0.3 is 4.74 Å². The maximum atomic E-state index is 14.1. The first-order valence-corrected chi connectivity index (χ1v) is 11.5. The molecule has 184 valence electrons. The maximum absolute atomic E-state index is 14.1. The van der Waals surface area contributed by atoms with Gasteiger partial charge in [0.05, 0.1) is 0 Å². The molecule has 2 heterocycles. The zero-order chi connectivity index (χ0) is 25.5. The number of pyridine rings is 1. The lowest BCUT2D eigenvalue weighted by Crippen LogP contribution is -2.42. The van der Waals surface area contributed by atoms with Crippen LogP contribution in [-0.2, 0) is 14.8 Å². The number of rotatable bonds is 5. The van der Waals surface area contributed by atoms with Crippen LogP contribution < -0.4 is 0 Å². The van der Waals surface area contributed by atoms with Gasteiger partial charge in [-0.1, -0.05) is 19.1 Å². The van der Waals surface area contributed by atoms with Crippen molar-refractivity contribution in [1.29, 1.82) is 0 Å². The SMILES string of the molecule is CCN([C@H](c1ccc(F)cc1)C(F)(F)F)S(=O)(=O)c1nn(C(=O)OC(C)(C)C)c2cccnc12. The van der Waals surface area contributed by atoms with Crippen LogP contribution in [0.25, 0.3) is 11.0 Å². The van der Waals surface area contributed by atoms with Crippen LogP contribution in [0, 0.1) is 5.82 Å². The van der Waals surface area contributed by atoms with Crippen molar-refractivity contribution < 1.29 is 35.5 Å². The zero-order valence-corrected chi connectivity index (χ0v) is 19.5. The van der Waals surface area contributed by atoms with Crippen LogP contribution in [0.1, 0.15) is 39.3 Å². The highest BCUT2D eigenvalue weighted by atomic mass is 32.2. The quantitative estimate of drug-likeness (QED) is 0.471. The second-order valence-electron chi connectivity index (χ2n) is 8.27. The fourth-order valence-corrected chi connectivity index (χ4v) is 4.98. The monoisotopic (exact) mass is 502 g/mol. The van der Waals surface area contributed by atoms with Crippen molar-refractivity contribution in [2.45, 2.75) is 50.5 Å². The standard InChI is InChI=1S/C21H22F4N4O4S/c1-5-28(17(21(23,24)25)13-8-10-14(22)11-9-13)34(31,32)18-16-15(7-6-12-26-16)29(27-18)19(30)33-20(2,3)4/h6-12,17H,5H2,1-4H3/t17-/m1/s1. The van der Waals surface area contributed by atoms with Gasteiger partial charge in [0.1, 0.15) is 28.5 Å². The van der Waals surface area contributed by atoms with E-state index in [0.717, 1.165) is 24.3 Å². The van der Waals surface area contributed by atoms with Crippen LogP contribution in [0.2, 0.25) is 0 Å². The Labute approximate surface area is 193 Å². The van der Waals surface area contributed by atoms with Gasteiger partial charge in [-0.3, -0.25) is 4.98 Å². The number of ether oxygens (including phenoxy) is 1. The van der Waals surface area contributed by atoms with E-state index in [1.807, 2.05) is 0 Å². The van der Waals surface area contributed by atoms with Crippen molar-refractivity contribution in [3.63, 3.8) is 0 Å². The van der Waals surface area contributed by atoms with E-state index in [0.29, 0.717) is 4.68 Å². The van der Waals surface area contributed by atoms with Gasteiger partial charge in [-0.2, -0.15) is 22.2 Å². The number of hydrogen-bond donors (Lipinski definition) is 0. The number of carbonyl (C=O) groups excluding carboxylic acids is 1. The van der Waals surface area contributed by atoms with E-state index in [1.165, 1.54) is 25.3 Å². The fraction of sp³-hybridized carbons (Fsp3) is 0.381. The highest BCUT2D eigenvalue weighted by molar-refractivity contribution is 7.89. The Morgan fingerprint density at radius 1 is 1.15 bits per heavy atom. The molecule has 0 radical (unpaired) electrons. The molecule has 0 spiro atoms. The average Bonchev–Trinajstić information content (AvgIpc) is 3.11. The molecule has 0 aliphatic carbocycles. The Bertz CT molecular complexity index is 1300. The number of halogens is 4. The van der Waals surface area contributed by atoms with E-state index in [2.05, 4.69) is 10.1 Å². The van der Waals surface area contributed by atoms with Crippen LogP contribution in [-0.4, -0.2) is 51.9 Å². The van der Waals surface area contributed by atoms with E-state index in [1.54, 1.807) is 20.8 Å². The van der Waals surface area contributed by atoms with Crippen molar-refractivity contribution in [2.24, 2.45) is 0 Å². The Morgan fingerprint density at radius 3 is 2.29 bits per heavy atom. The molecule has 2 aromatic heterocycles. The van der Waals surface area contributed by atoms with Gasteiger partial charge in [-0.05, 0) is 50.6 Å². The topological polar surface area (TPSA) is 94.4 Å². The van der Waals surface area contributed by atoms with Gasteiger partial charge in [0, 0.05) is 12.7 Å². The Hall–Kier alpha value is -3.06. The van der Waals surface area contributed by atoms with Gasteiger partial charge >= 0.3 is 12.3 Å². The molecule has 8 nitrogen and oxygen atoms in total. The van der Waals surface area contributed by atoms with E-state index < -0.39 is 56.9 Å². The van der Waals surface area contributed by atoms with Crippen molar-refractivity contribution in [1.82, 2.24) is 19.1 Å². The summed E-state index contributed by atoms with van der Waals surface area (Å²) in [6.45, 7) is 5.38. The lowest BCUT2D eigenvalue weighted by molar-refractivity contribution is -0.173. The summed E-state index contributed by atoms with van der Waals surface area (Å²) < 4.78 is 88.7. The number of benzene rings is 1. The largest absolute Gasteiger partial charge is 0.442 e. The first-order chi connectivity index (χ1) is 15.7. The molecule has 0 fully saturated rings. The third-order valence-electron chi connectivity index (χ3n) is 4.62. The van der Waals surface area contributed by atoms with E-state index in [9.17, 15) is 30.8 Å². The maximum Gasteiger partial charge on any atom is 0.435 e. The van der Waals surface area contributed by atoms with E-state index in [4.69, 9.17) is 4.74 Å². The highest BCUT2D eigenvalue weighted by Crippen LogP contribution is 2.41. The van der Waals surface area contributed by atoms with Crippen molar-refractivity contribution >= 4 is 27.1 Å². The predicted molar refractivity (Wildman–Crippen MR) is 114 cm³/mol. The number of fused-ring (bicyclic) bond motifs is 1. The number of alkyl halides is 3. The molecule has 1 aromatic carbocycles. The summed E-state index contributed by atoms with van der Waals surface area (Å²) in [7, 11) is -4.96. The molecule has 0 bridgehead atoms. The zero-order valence-electron chi connectivity index (χ0n) is 18.7. The summed E-state index contributed by atoms with van der Waals surface area (Å²) in [6, 6.07) is 3.47. The summed E-state index contributed by atoms with van der Waals surface area (Å²) in [5, 5.41) is 2.97. The molecule has 0 amide bonds. The molecule has 0 saturated carbocycles. The van der Waals surface area contributed by atoms with Crippen LogP contribution >= 0.6 is 0 Å². The molecule has 3 rings (SSSR count). The number of sulfonamides is 1. The minimum Gasteiger partial charge on any atom is -0.442 e. The minimum absolute atomic E-state index is 0.0586. The summed E-state index contributed by atoms with van der Waals surface area (Å²) in [5.74, 6) is -0.776. The molecule has 0 saturated heterocycles. The van der Waals surface area contributed by atoms with E-state index in [-0.39, 0.29) is 15.3 Å². The summed E-state index contributed by atoms with van der Waals surface area (Å²) in [6.07, 6.45) is -4.85. The second kappa shape index (κ2) is 8.95. The minimum atomic E-state index is -5.04. The molecule has 0 unspecified atom stereocenters. The van der Waals surface area contributed by atoms with Gasteiger partial charge in [0.25, 0.3) is 10.0 Å². The normalized spacial score (nSPS) is 13.9. The smallest absolute Gasteiger partial charge is 0.435 e. The van der Waals surface area contributed by atoms with Crippen LogP contribution in [0.3, 0.4) is 0 Å². The molecule has 0 aliphatic rings. The Morgan fingerprint density at radius 2 is 1.76 bits per heavy atom. The second-order valence-corrected chi connectivity index (χ2v) is 10.1. The Kier molecular flexibility index (Phi) is 6.73. The van der Waals surface area contributed by atoms with Gasteiger partial charge in [0.15, 0.2) is 0 Å².